The predicted octanol–water partition coefficient (Wildman–Crippen LogP) is 2.85. The van der Waals surface area contributed by atoms with Crippen molar-refractivity contribution >= 4 is 23.5 Å². The zero-order chi connectivity index (χ0) is 18.9. The molecular formula is C17H26N2O5. The highest BCUT2D eigenvalue weighted by atomic mass is 16.6. The second-order valence-corrected chi connectivity index (χ2v) is 5.75. The van der Waals surface area contributed by atoms with Crippen LogP contribution in [0.5, 0.6) is 0 Å². The van der Waals surface area contributed by atoms with Crippen LogP contribution in [-0.4, -0.2) is 34.6 Å². The van der Waals surface area contributed by atoms with Gasteiger partial charge in [0.2, 0.25) is 0 Å². The van der Waals surface area contributed by atoms with E-state index in [9.17, 15) is 14.4 Å². The van der Waals surface area contributed by atoms with Gasteiger partial charge in [0.1, 0.15) is 11.6 Å². The molecule has 0 bridgehead atoms. The number of nitrogens with two attached hydrogens (primary N) is 1. The number of hydrogen-bond donors (Lipinski definition) is 3. The van der Waals surface area contributed by atoms with Gasteiger partial charge in [0.25, 0.3) is 0 Å². The lowest BCUT2D eigenvalue weighted by Gasteiger charge is -2.21. The van der Waals surface area contributed by atoms with Gasteiger partial charge in [0.05, 0.1) is 0 Å². The lowest BCUT2D eigenvalue weighted by atomic mass is 10.0. The van der Waals surface area contributed by atoms with Crippen LogP contribution in [0.15, 0.2) is 24.3 Å². The summed E-state index contributed by atoms with van der Waals surface area (Å²) in [5.41, 5.74) is 5.39. The number of nitrogens with one attached hydrogen (secondary N) is 1. The van der Waals surface area contributed by atoms with Crippen molar-refractivity contribution in [1.82, 2.24) is 5.32 Å². The number of carbonyl (C=O) groups is 3. The van der Waals surface area contributed by atoms with Crippen LogP contribution >= 0.6 is 0 Å². The van der Waals surface area contributed by atoms with Gasteiger partial charge in [0.15, 0.2) is 5.78 Å². The summed E-state index contributed by atoms with van der Waals surface area (Å²) >= 11 is 0. The van der Waals surface area contributed by atoms with E-state index in [2.05, 4.69) is 5.32 Å². The molecule has 0 spiro atoms. The number of rotatable bonds is 5. The highest BCUT2D eigenvalue weighted by molar-refractivity contribution is 6.03. The zero-order valence-electron chi connectivity index (χ0n) is 14.8. The number of carboxylic acid groups (broad SMARTS) is 1. The number of para-hydroxylation sites is 1. The van der Waals surface area contributed by atoms with Crippen molar-refractivity contribution in [2.75, 3.05) is 5.73 Å². The zero-order valence-corrected chi connectivity index (χ0v) is 14.8. The minimum absolute atomic E-state index is 0.222. The van der Waals surface area contributed by atoms with Gasteiger partial charge in [-0.1, -0.05) is 26.0 Å². The third kappa shape index (κ3) is 7.62. The molecule has 4 N–H and O–H groups in total. The lowest BCUT2D eigenvalue weighted by molar-refractivity contribution is -0.139. The highest BCUT2D eigenvalue weighted by Gasteiger charge is 2.27. The topological polar surface area (TPSA) is 119 Å². The number of Topliss-reactive ketones (excluding diaryl/α,β-unsaturated/α-hetero) is 1. The Bertz CT molecular complexity index is 579. The van der Waals surface area contributed by atoms with E-state index < -0.39 is 35.9 Å². The van der Waals surface area contributed by atoms with Gasteiger partial charge >= 0.3 is 12.1 Å². The van der Waals surface area contributed by atoms with Crippen molar-refractivity contribution in [1.29, 1.82) is 0 Å². The maximum Gasteiger partial charge on any atom is 0.408 e. The number of carboxylic acids is 1. The number of carbonyl (C=O) groups excluding carboxylic acids is 2. The molecule has 0 saturated carbocycles. The highest BCUT2D eigenvalue weighted by Crippen LogP contribution is 2.14. The fourth-order valence-corrected chi connectivity index (χ4v) is 1.70. The third-order valence-corrected chi connectivity index (χ3v) is 2.64. The fraction of sp³-hybridized carbons (Fsp3) is 0.471. The maximum absolute atomic E-state index is 12.1. The Balaban J connectivity index is 0.00000254. The van der Waals surface area contributed by atoms with E-state index in [0.717, 1.165) is 0 Å². The van der Waals surface area contributed by atoms with Crippen molar-refractivity contribution in [2.45, 2.75) is 52.7 Å². The molecule has 0 aliphatic heterocycles. The Morgan fingerprint density at radius 1 is 1.21 bits per heavy atom. The summed E-state index contributed by atoms with van der Waals surface area (Å²) in [4.78, 5) is 34.9. The summed E-state index contributed by atoms with van der Waals surface area (Å²) < 4.78 is 4.98. The molecular weight excluding hydrogens is 312 g/mol. The maximum atomic E-state index is 12.1. The molecule has 0 aromatic heterocycles. The molecule has 0 heterocycles. The molecule has 0 aliphatic carbocycles. The molecule has 7 nitrogen and oxygen atoms in total. The summed E-state index contributed by atoms with van der Waals surface area (Å²) in [5, 5.41) is 11.3. The Kier molecular flexibility index (Phi) is 8.52. The quantitative estimate of drug-likeness (QED) is 0.561. The second kappa shape index (κ2) is 9.54. The Hall–Kier alpha value is -2.57. The SMILES string of the molecule is CC.CC(C)(C)OC(=O)NC(CC(=O)c1ccccc1N)C(=O)O. The third-order valence-electron chi connectivity index (χ3n) is 2.64. The van der Waals surface area contributed by atoms with Crippen LogP contribution in [0.3, 0.4) is 0 Å². The number of aliphatic carboxylic acids is 1. The van der Waals surface area contributed by atoms with Gasteiger partial charge in [-0.25, -0.2) is 9.59 Å². The first-order chi connectivity index (χ1) is 11.1. The first-order valence-corrected chi connectivity index (χ1v) is 7.70. The summed E-state index contributed by atoms with van der Waals surface area (Å²) in [7, 11) is 0. The van der Waals surface area contributed by atoms with E-state index >= 15 is 0 Å². The predicted molar refractivity (Wildman–Crippen MR) is 91.9 cm³/mol. The largest absolute Gasteiger partial charge is 0.480 e. The number of nitrogen functional groups attached to an aromatic ring is 1. The molecule has 1 amide bonds. The minimum Gasteiger partial charge on any atom is -0.480 e. The summed E-state index contributed by atoms with van der Waals surface area (Å²) in [5.74, 6) is -1.80. The van der Waals surface area contributed by atoms with Crippen LogP contribution < -0.4 is 11.1 Å². The van der Waals surface area contributed by atoms with Gasteiger partial charge in [-0.15, -0.1) is 0 Å². The molecule has 134 valence electrons. The van der Waals surface area contributed by atoms with Crippen LogP contribution in [0.2, 0.25) is 0 Å². The molecule has 1 rings (SSSR count). The standard InChI is InChI=1S/C15H20N2O5.C2H6/c1-15(2,3)22-14(21)17-11(13(19)20)8-12(18)9-6-4-5-7-10(9)16;1-2/h4-7,11H,8,16H2,1-3H3,(H,17,21)(H,19,20);1-2H3. The molecule has 24 heavy (non-hydrogen) atoms. The summed E-state index contributed by atoms with van der Waals surface area (Å²) in [6.07, 6.45) is -1.31. The lowest BCUT2D eigenvalue weighted by Crippen LogP contribution is -2.44. The van der Waals surface area contributed by atoms with Crippen LogP contribution in [0, 0.1) is 0 Å². The van der Waals surface area contributed by atoms with E-state index in [-0.39, 0.29) is 11.3 Å². The fourth-order valence-electron chi connectivity index (χ4n) is 1.70. The molecule has 0 fully saturated rings. The van der Waals surface area contributed by atoms with Gasteiger partial charge in [0, 0.05) is 17.7 Å². The average Bonchev–Trinajstić information content (AvgIpc) is 2.47. The van der Waals surface area contributed by atoms with E-state index in [1.165, 1.54) is 6.07 Å². The molecule has 0 aliphatic rings. The minimum atomic E-state index is -1.39. The number of benzene rings is 1. The van der Waals surface area contributed by atoms with Crippen molar-refractivity contribution < 1.29 is 24.2 Å². The van der Waals surface area contributed by atoms with Gasteiger partial charge in [-0.3, -0.25) is 4.79 Å². The first-order valence-electron chi connectivity index (χ1n) is 7.70. The Labute approximate surface area is 142 Å². The molecule has 7 heteroatoms. The van der Waals surface area contributed by atoms with E-state index in [4.69, 9.17) is 15.6 Å². The second-order valence-electron chi connectivity index (χ2n) is 5.75. The molecule has 1 atom stereocenters. The van der Waals surface area contributed by atoms with Crippen LogP contribution in [0.4, 0.5) is 10.5 Å². The number of ether oxygens (including phenoxy) is 1. The number of amides is 1. The van der Waals surface area contributed by atoms with E-state index in [1.807, 2.05) is 13.8 Å². The number of ketones is 1. The van der Waals surface area contributed by atoms with Crippen molar-refractivity contribution in [3.8, 4) is 0 Å². The molecule has 1 aromatic rings. The molecule has 0 radical (unpaired) electrons. The van der Waals surface area contributed by atoms with Crippen LogP contribution in [0.1, 0.15) is 51.4 Å². The summed E-state index contributed by atoms with van der Waals surface area (Å²) in [6, 6.07) is 4.95. The van der Waals surface area contributed by atoms with Gasteiger partial charge < -0.3 is 20.9 Å². The Morgan fingerprint density at radius 2 is 1.75 bits per heavy atom. The number of alkyl carbamates (subject to hydrolysis) is 1. The molecule has 0 saturated heterocycles. The Morgan fingerprint density at radius 3 is 2.21 bits per heavy atom. The van der Waals surface area contributed by atoms with Crippen molar-refractivity contribution in [2.24, 2.45) is 0 Å². The average molecular weight is 338 g/mol. The molecule has 1 aromatic carbocycles. The van der Waals surface area contributed by atoms with Crippen LogP contribution in [0.25, 0.3) is 0 Å². The van der Waals surface area contributed by atoms with Gasteiger partial charge in [-0.05, 0) is 32.9 Å². The van der Waals surface area contributed by atoms with Crippen molar-refractivity contribution in [3.05, 3.63) is 29.8 Å². The number of hydrogen-bond acceptors (Lipinski definition) is 5. The van der Waals surface area contributed by atoms with Crippen LogP contribution in [-0.2, 0) is 9.53 Å². The smallest absolute Gasteiger partial charge is 0.408 e. The first kappa shape index (κ1) is 21.4. The van der Waals surface area contributed by atoms with Gasteiger partial charge in [-0.2, -0.15) is 0 Å². The molecule has 1 unspecified atom stereocenters. The van der Waals surface area contributed by atoms with E-state index in [1.54, 1.807) is 39.0 Å². The normalized spacial score (nSPS) is 11.5. The summed E-state index contributed by atoms with van der Waals surface area (Å²) in [6.45, 7) is 8.95. The monoisotopic (exact) mass is 338 g/mol. The van der Waals surface area contributed by atoms with Crippen molar-refractivity contribution in [3.63, 3.8) is 0 Å². The van der Waals surface area contributed by atoms with E-state index in [0.29, 0.717) is 0 Å². The number of anilines is 1.